The molecule has 0 spiro atoms. The first kappa shape index (κ1) is 51.8. The Labute approximate surface area is 390 Å². The number of hydrogen-bond acceptors (Lipinski definition) is 19. The van der Waals surface area contributed by atoms with Crippen LogP contribution in [0.3, 0.4) is 0 Å². The number of allylic oxidation sites excluding steroid dienone is 2. The molecular formula is C47H76O20. The van der Waals surface area contributed by atoms with Crippen LogP contribution in [0, 0.1) is 50.2 Å². The van der Waals surface area contributed by atoms with Crippen molar-refractivity contribution in [2.45, 2.75) is 204 Å². The lowest BCUT2D eigenvalue weighted by Crippen LogP contribution is -2.71. The molecule has 7 fully saturated rings. The number of fused-ring (bicyclic) bond motifs is 7. The smallest absolute Gasteiger partial charge is 0.335 e. The predicted octanol–water partition coefficient (Wildman–Crippen LogP) is -1.74. The first-order valence-corrected chi connectivity index (χ1v) is 24.0. The maximum Gasteiger partial charge on any atom is 0.335 e. The molecule has 13 N–H and O–H groups in total. The van der Waals surface area contributed by atoms with Gasteiger partial charge in [-0.2, -0.15) is 0 Å². The van der Waals surface area contributed by atoms with Crippen LogP contribution < -0.4 is 0 Å². The molecular weight excluding hydrogens is 884 g/mol. The van der Waals surface area contributed by atoms with E-state index in [-0.39, 0.29) is 28.6 Å². The van der Waals surface area contributed by atoms with Gasteiger partial charge in [-0.15, -0.1) is 0 Å². The molecule has 3 heterocycles. The highest BCUT2D eigenvalue weighted by molar-refractivity contribution is 5.73. The number of rotatable bonds is 9. The van der Waals surface area contributed by atoms with Crippen molar-refractivity contribution >= 4 is 5.97 Å². The summed E-state index contributed by atoms with van der Waals surface area (Å²) in [6, 6.07) is 0. The van der Waals surface area contributed by atoms with Crippen LogP contribution in [0.15, 0.2) is 11.6 Å². The Balaban J connectivity index is 1.11. The second kappa shape index (κ2) is 17.9. The third-order valence-electron chi connectivity index (χ3n) is 19.3. The van der Waals surface area contributed by atoms with E-state index in [1.54, 1.807) is 0 Å². The number of carboxylic acid groups (broad SMARTS) is 1. The molecule has 8 rings (SSSR count). The van der Waals surface area contributed by atoms with Crippen molar-refractivity contribution < 1.29 is 99.6 Å². The Bertz CT molecular complexity index is 1850. The van der Waals surface area contributed by atoms with Crippen molar-refractivity contribution in [3.8, 4) is 0 Å². The molecule has 0 radical (unpaired) electrons. The van der Waals surface area contributed by atoms with Crippen molar-refractivity contribution in [3.05, 3.63) is 11.6 Å². The predicted molar refractivity (Wildman–Crippen MR) is 229 cm³/mol. The van der Waals surface area contributed by atoms with Crippen LogP contribution in [-0.2, 0) is 33.2 Å². The fraction of sp³-hybridized carbons (Fsp3) is 0.936. The first-order chi connectivity index (χ1) is 31.2. The minimum absolute atomic E-state index is 0.00832. The van der Waals surface area contributed by atoms with Gasteiger partial charge in [-0.3, -0.25) is 0 Å². The average molecular weight is 961 g/mol. The second-order valence-electron chi connectivity index (χ2n) is 23.3. The first-order valence-electron chi connectivity index (χ1n) is 24.0. The summed E-state index contributed by atoms with van der Waals surface area (Å²) >= 11 is 0. The molecule has 3 saturated heterocycles. The van der Waals surface area contributed by atoms with E-state index in [0.29, 0.717) is 32.1 Å². The van der Waals surface area contributed by atoms with E-state index in [4.69, 9.17) is 28.4 Å². The van der Waals surface area contributed by atoms with Crippen molar-refractivity contribution in [2.24, 2.45) is 50.2 Å². The molecule has 25 atom stereocenters. The van der Waals surface area contributed by atoms with E-state index in [1.165, 1.54) is 0 Å². The molecule has 20 nitrogen and oxygen atoms in total. The normalized spacial score (nSPS) is 55.0. The fourth-order valence-corrected chi connectivity index (χ4v) is 15.1. The largest absolute Gasteiger partial charge is 0.479 e. The number of aliphatic hydroxyl groups excluding tert-OH is 12. The van der Waals surface area contributed by atoms with Crippen LogP contribution in [0.1, 0.15) is 93.4 Å². The number of carbonyl (C=O) groups is 1. The summed E-state index contributed by atoms with van der Waals surface area (Å²) in [6.07, 6.45) is -23.1. The Kier molecular flexibility index (Phi) is 13.9. The standard InChI is InChI=1S/C47H76O20/c1-42(2)14-20-19-8-9-24-44(5)12-11-26(43(3,4)23(44)10-13-45(24,6)46(19,7)15-25(51)47(20,18-49)37(59)36(42)58)64-41-35(67-40-31(56)29(54)28(53)22(16-48)63-40)33(32(57)34(66-41)38(60)61)65-39-30(55)27(52)21(50)17-62-39/h8,20-37,39-41,48-59H,9-18H2,1-7H3,(H,60,61)/t20-,21+,22+,23-,24+,25+,26-,27-,28-,29-,30+,31+,32-,33-,34-,35+,36-,37-,39-,40-,41+,44-,45+,46+,47-/m0/s1. The molecule has 67 heavy (non-hydrogen) atoms. The van der Waals surface area contributed by atoms with E-state index in [9.17, 15) is 71.2 Å². The van der Waals surface area contributed by atoms with Crippen LogP contribution in [0.25, 0.3) is 0 Å². The monoisotopic (exact) mass is 960 g/mol. The summed E-state index contributed by atoms with van der Waals surface area (Å²) in [5, 5.41) is 142. The zero-order valence-electron chi connectivity index (χ0n) is 39.4. The van der Waals surface area contributed by atoms with Gasteiger partial charge >= 0.3 is 5.97 Å². The van der Waals surface area contributed by atoms with Gasteiger partial charge in [-0.25, -0.2) is 4.79 Å². The zero-order valence-corrected chi connectivity index (χ0v) is 39.4. The third kappa shape index (κ3) is 7.73. The SMILES string of the molecule is CC1(C)C[C@H]2C3=CC[C@@H]4[C@@]5(C)CC[C@H](O[C@@H]6O[C@H](C(=O)O)[C@@H](O)[C@H](O[C@@H]7OC[C@@H](O)[C@H](O)[C@H]7O)[C@H]6O[C@@H]6O[C@H](CO)[C@H](O)[C@H](O)[C@H]6O)C(C)(C)[C@@H]5CC[C@@]4(C)[C@]3(C)C[C@@H](O)[C@@]2(CO)[C@@H](O)[C@@H]1O. The van der Waals surface area contributed by atoms with Gasteiger partial charge in [0.2, 0.25) is 0 Å². The minimum atomic E-state index is -2.08. The van der Waals surface area contributed by atoms with E-state index in [2.05, 4.69) is 40.7 Å². The Morgan fingerprint density at radius 2 is 1.36 bits per heavy atom. The van der Waals surface area contributed by atoms with E-state index in [0.717, 1.165) is 18.4 Å². The molecule has 4 saturated carbocycles. The quantitative estimate of drug-likeness (QED) is 0.0901. The number of ether oxygens (including phenoxy) is 6. The lowest BCUT2D eigenvalue weighted by molar-refractivity contribution is -0.392. The zero-order chi connectivity index (χ0) is 49.3. The van der Waals surface area contributed by atoms with E-state index >= 15 is 0 Å². The summed E-state index contributed by atoms with van der Waals surface area (Å²) in [6.45, 7) is 13.0. The molecule has 384 valence electrons. The molecule has 0 amide bonds. The van der Waals surface area contributed by atoms with Crippen LogP contribution in [0.2, 0.25) is 0 Å². The molecule has 0 aromatic carbocycles. The van der Waals surface area contributed by atoms with Gasteiger partial charge in [0.05, 0.1) is 49.7 Å². The molecule has 0 aromatic heterocycles. The number of aliphatic hydroxyl groups is 12. The highest BCUT2D eigenvalue weighted by Crippen LogP contribution is 2.76. The van der Waals surface area contributed by atoms with Gasteiger partial charge < -0.3 is 94.8 Å². The van der Waals surface area contributed by atoms with E-state index in [1.807, 2.05) is 13.8 Å². The van der Waals surface area contributed by atoms with Crippen LogP contribution in [0.5, 0.6) is 0 Å². The molecule has 0 aromatic rings. The Hall–Kier alpha value is -1.51. The second-order valence-corrected chi connectivity index (χ2v) is 23.3. The lowest BCUT2D eigenvalue weighted by atomic mass is 9.33. The highest BCUT2D eigenvalue weighted by Gasteiger charge is 2.72. The van der Waals surface area contributed by atoms with Gasteiger partial charge in [0.15, 0.2) is 25.0 Å². The summed E-state index contributed by atoms with van der Waals surface area (Å²) in [4.78, 5) is 12.8. The van der Waals surface area contributed by atoms with Crippen molar-refractivity contribution in [2.75, 3.05) is 19.8 Å². The number of aliphatic carboxylic acids is 1. The van der Waals surface area contributed by atoms with Gasteiger partial charge in [0.25, 0.3) is 0 Å². The summed E-state index contributed by atoms with van der Waals surface area (Å²) in [5.41, 5.74) is -2.75. The van der Waals surface area contributed by atoms with Crippen LogP contribution >= 0.6 is 0 Å². The van der Waals surface area contributed by atoms with Crippen LogP contribution in [0.4, 0.5) is 0 Å². The maximum absolute atomic E-state index is 12.8. The van der Waals surface area contributed by atoms with Gasteiger partial charge in [-0.05, 0) is 89.8 Å². The van der Waals surface area contributed by atoms with Crippen molar-refractivity contribution in [3.63, 3.8) is 0 Å². The third-order valence-corrected chi connectivity index (χ3v) is 19.3. The van der Waals surface area contributed by atoms with Gasteiger partial charge in [-0.1, -0.05) is 60.1 Å². The molecule has 20 heteroatoms. The summed E-state index contributed by atoms with van der Waals surface area (Å²) < 4.78 is 36.2. The van der Waals surface area contributed by atoms with Crippen molar-refractivity contribution in [1.29, 1.82) is 0 Å². The summed E-state index contributed by atoms with van der Waals surface area (Å²) in [5.74, 6) is -1.90. The van der Waals surface area contributed by atoms with Gasteiger partial charge in [0, 0.05) is 0 Å². The Morgan fingerprint density at radius 1 is 0.701 bits per heavy atom. The lowest BCUT2D eigenvalue weighted by Gasteiger charge is -2.72. The van der Waals surface area contributed by atoms with Crippen molar-refractivity contribution in [1.82, 2.24) is 0 Å². The molecule has 5 aliphatic carbocycles. The number of hydrogen-bond donors (Lipinski definition) is 13. The maximum atomic E-state index is 12.8. The molecule has 8 aliphatic rings. The minimum Gasteiger partial charge on any atom is -0.479 e. The van der Waals surface area contributed by atoms with E-state index < -0.39 is 158 Å². The molecule has 0 bridgehead atoms. The molecule has 3 aliphatic heterocycles. The summed E-state index contributed by atoms with van der Waals surface area (Å²) in [7, 11) is 0. The topological polar surface area (TPSA) is 335 Å². The van der Waals surface area contributed by atoms with Crippen LogP contribution in [-0.4, -0.2) is 203 Å². The van der Waals surface area contributed by atoms with Gasteiger partial charge in [0.1, 0.15) is 61.0 Å². The fourth-order valence-electron chi connectivity index (χ4n) is 15.1. The molecule has 0 unspecified atom stereocenters. The number of carboxylic acids is 1. The highest BCUT2D eigenvalue weighted by atomic mass is 16.8. The Morgan fingerprint density at radius 3 is 2.00 bits per heavy atom. The average Bonchev–Trinajstić information content (AvgIpc) is 3.26.